The second kappa shape index (κ2) is 6.52. The topological polar surface area (TPSA) is 79.3 Å². The maximum Gasteiger partial charge on any atom is 0.319 e. The molecule has 2 heterocycles. The van der Waals surface area contributed by atoms with Crippen LogP contribution in [0.2, 0.25) is 5.02 Å². The zero-order valence-electron chi connectivity index (χ0n) is 13.4. The highest BCUT2D eigenvalue weighted by atomic mass is 35.5. The highest BCUT2D eigenvalue weighted by Crippen LogP contribution is 2.25. The first kappa shape index (κ1) is 16.3. The van der Waals surface area contributed by atoms with Gasteiger partial charge in [0.1, 0.15) is 6.04 Å². The van der Waals surface area contributed by atoms with E-state index in [2.05, 4.69) is 15.7 Å². The van der Waals surface area contributed by atoms with Crippen LogP contribution in [-0.2, 0) is 11.8 Å². The lowest BCUT2D eigenvalue weighted by atomic mass is 10.2. The Labute approximate surface area is 144 Å². The normalized spacial score (nSPS) is 17.2. The summed E-state index contributed by atoms with van der Waals surface area (Å²) >= 11 is 6.10. The van der Waals surface area contributed by atoms with Gasteiger partial charge in [-0.05, 0) is 25.0 Å². The maximum absolute atomic E-state index is 12.5. The first-order valence-electron chi connectivity index (χ1n) is 7.58. The van der Waals surface area contributed by atoms with Crippen LogP contribution < -0.4 is 15.5 Å². The molecule has 0 spiro atoms. The van der Waals surface area contributed by atoms with Gasteiger partial charge in [-0.3, -0.25) is 9.48 Å². The number of benzene rings is 1. The van der Waals surface area contributed by atoms with Gasteiger partial charge in [-0.2, -0.15) is 5.10 Å². The van der Waals surface area contributed by atoms with Crippen molar-refractivity contribution in [3.8, 4) is 0 Å². The number of urea groups is 1. The quantitative estimate of drug-likeness (QED) is 0.894. The summed E-state index contributed by atoms with van der Waals surface area (Å²) in [6, 6.07) is 4.36. The average Bonchev–Trinajstić information content (AvgIpc) is 3.10. The minimum Gasteiger partial charge on any atom is -0.326 e. The molecule has 1 aromatic heterocycles. The largest absolute Gasteiger partial charge is 0.326 e. The highest BCUT2D eigenvalue weighted by Gasteiger charge is 2.34. The molecule has 1 aromatic carbocycles. The number of halogens is 1. The van der Waals surface area contributed by atoms with E-state index in [1.807, 2.05) is 19.1 Å². The lowest BCUT2D eigenvalue weighted by molar-refractivity contribution is -0.118. The predicted octanol–water partition coefficient (Wildman–Crippen LogP) is 2.31. The van der Waals surface area contributed by atoms with Crippen LogP contribution >= 0.6 is 11.6 Å². The lowest BCUT2D eigenvalue weighted by Gasteiger charge is -2.16. The summed E-state index contributed by atoms with van der Waals surface area (Å²) in [6.07, 6.45) is 3.95. The van der Waals surface area contributed by atoms with Gasteiger partial charge in [-0.1, -0.05) is 23.7 Å². The summed E-state index contributed by atoms with van der Waals surface area (Å²) in [6.45, 7) is 2.40. The number of nitrogens with zero attached hydrogens (tertiary/aromatic N) is 3. The van der Waals surface area contributed by atoms with E-state index in [0.29, 0.717) is 23.7 Å². The summed E-state index contributed by atoms with van der Waals surface area (Å²) in [5.74, 6) is -0.144. The zero-order valence-corrected chi connectivity index (χ0v) is 14.2. The number of para-hydroxylation sites is 1. The van der Waals surface area contributed by atoms with Crippen molar-refractivity contribution < 1.29 is 9.59 Å². The molecule has 1 aliphatic heterocycles. The summed E-state index contributed by atoms with van der Waals surface area (Å²) in [4.78, 5) is 26.3. The van der Waals surface area contributed by atoms with E-state index >= 15 is 0 Å². The van der Waals surface area contributed by atoms with Gasteiger partial charge in [-0.25, -0.2) is 4.79 Å². The first-order chi connectivity index (χ1) is 11.5. The van der Waals surface area contributed by atoms with Crippen LogP contribution in [0.4, 0.5) is 16.2 Å². The Balaban J connectivity index is 1.64. The van der Waals surface area contributed by atoms with Gasteiger partial charge in [0, 0.05) is 19.8 Å². The van der Waals surface area contributed by atoms with Crippen molar-refractivity contribution in [2.45, 2.75) is 19.4 Å². The SMILES string of the molecule is Cc1cccc(Cl)c1NC(=O)NC1CCN(c2cnn(C)c2)C1=O. The van der Waals surface area contributed by atoms with Crippen molar-refractivity contribution in [2.75, 3.05) is 16.8 Å². The third-order valence-corrected chi connectivity index (χ3v) is 4.29. The fourth-order valence-electron chi connectivity index (χ4n) is 2.72. The van der Waals surface area contributed by atoms with Gasteiger partial charge >= 0.3 is 6.03 Å². The summed E-state index contributed by atoms with van der Waals surface area (Å²) in [5, 5.41) is 9.95. The molecule has 3 rings (SSSR count). The molecular weight excluding hydrogens is 330 g/mol. The molecule has 1 saturated heterocycles. The van der Waals surface area contributed by atoms with E-state index in [9.17, 15) is 9.59 Å². The molecule has 7 nitrogen and oxygen atoms in total. The highest BCUT2D eigenvalue weighted by molar-refractivity contribution is 6.33. The Kier molecular flexibility index (Phi) is 4.44. The molecule has 3 amide bonds. The van der Waals surface area contributed by atoms with Gasteiger partial charge in [0.05, 0.1) is 22.6 Å². The molecule has 0 saturated carbocycles. The third-order valence-electron chi connectivity index (χ3n) is 3.97. The number of aromatic nitrogens is 2. The van der Waals surface area contributed by atoms with Crippen LogP contribution in [0.15, 0.2) is 30.6 Å². The van der Waals surface area contributed by atoms with Gasteiger partial charge in [0.25, 0.3) is 0 Å². The molecule has 24 heavy (non-hydrogen) atoms. The summed E-state index contributed by atoms with van der Waals surface area (Å²) < 4.78 is 1.64. The Morgan fingerprint density at radius 3 is 2.88 bits per heavy atom. The second-order valence-electron chi connectivity index (χ2n) is 5.73. The van der Waals surface area contributed by atoms with E-state index in [4.69, 9.17) is 11.6 Å². The Morgan fingerprint density at radius 1 is 1.42 bits per heavy atom. The molecule has 126 valence electrons. The number of anilines is 2. The van der Waals surface area contributed by atoms with Crippen LogP contribution in [0.25, 0.3) is 0 Å². The number of nitrogens with one attached hydrogen (secondary N) is 2. The number of aryl methyl sites for hydroxylation is 2. The number of carbonyl (C=O) groups excluding carboxylic acids is 2. The van der Waals surface area contributed by atoms with E-state index < -0.39 is 12.1 Å². The molecule has 0 bridgehead atoms. The predicted molar refractivity (Wildman–Crippen MR) is 92.3 cm³/mol. The van der Waals surface area contributed by atoms with Crippen molar-refractivity contribution in [2.24, 2.45) is 7.05 Å². The van der Waals surface area contributed by atoms with E-state index in [-0.39, 0.29) is 5.91 Å². The Hall–Kier alpha value is -2.54. The van der Waals surface area contributed by atoms with Crippen molar-refractivity contribution >= 4 is 34.9 Å². The lowest BCUT2D eigenvalue weighted by Crippen LogP contribution is -2.43. The smallest absolute Gasteiger partial charge is 0.319 e. The van der Waals surface area contributed by atoms with Gasteiger partial charge in [0.2, 0.25) is 5.91 Å². The maximum atomic E-state index is 12.5. The Morgan fingerprint density at radius 2 is 2.21 bits per heavy atom. The van der Waals surface area contributed by atoms with E-state index in [0.717, 1.165) is 11.3 Å². The molecule has 1 aliphatic rings. The molecule has 2 aromatic rings. The van der Waals surface area contributed by atoms with E-state index in [1.165, 1.54) is 0 Å². The third kappa shape index (κ3) is 3.21. The second-order valence-corrected chi connectivity index (χ2v) is 6.14. The number of hydrogen-bond donors (Lipinski definition) is 2. The number of carbonyl (C=O) groups is 2. The minimum atomic E-state index is -0.562. The molecule has 1 unspecified atom stereocenters. The Bertz CT molecular complexity index is 768. The fraction of sp³-hybridized carbons (Fsp3) is 0.312. The first-order valence-corrected chi connectivity index (χ1v) is 7.96. The summed E-state index contributed by atoms with van der Waals surface area (Å²) in [5.41, 5.74) is 2.13. The number of hydrogen-bond acceptors (Lipinski definition) is 3. The molecule has 8 heteroatoms. The number of amides is 3. The number of rotatable bonds is 3. The van der Waals surface area contributed by atoms with Crippen molar-refractivity contribution in [1.82, 2.24) is 15.1 Å². The van der Waals surface area contributed by atoms with Crippen molar-refractivity contribution in [3.05, 3.63) is 41.2 Å². The van der Waals surface area contributed by atoms with Crippen LogP contribution in [0.5, 0.6) is 0 Å². The molecular formula is C16H18ClN5O2. The van der Waals surface area contributed by atoms with Gasteiger partial charge in [-0.15, -0.1) is 0 Å². The minimum absolute atomic E-state index is 0.144. The van der Waals surface area contributed by atoms with Crippen molar-refractivity contribution in [3.63, 3.8) is 0 Å². The van der Waals surface area contributed by atoms with Crippen LogP contribution in [-0.4, -0.2) is 34.3 Å². The monoisotopic (exact) mass is 347 g/mol. The van der Waals surface area contributed by atoms with Gasteiger partial charge < -0.3 is 15.5 Å². The van der Waals surface area contributed by atoms with E-state index in [1.54, 1.807) is 35.1 Å². The van der Waals surface area contributed by atoms with Crippen LogP contribution in [0, 0.1) is 6.92 Å². The standard InChI is InChI=1S/C16H18ClN5O2/c1-10-4-3-5-12(17)14(10)20-16(24)19-13-6-7-22(15(13)23)11-8-18-21(2)9-11/h3-5,8-9,13H,6-7H2,1-2H3,(H2,19,20,24). The summed E-state index contributed by atoms with van der Waals surface area (Å²) in [7, 11) is 1.79. The fourth-order valence-corrected chi connectivity index (χ4v) is 2.99. The molecule has 0 aliphatic carbocycles. The average molecular weight is 348 g/mol. The molecule has 1 atom stereocenters. The van der Waals surface area contributed by atoms with Gasteiger partial charge in [0.15, 0.2) is 0 Å². The molecule has 0 radical (unpaired) electrons. The molecule has 1 fully saturated rings. The van der Waals surface area contributed by atoms with Crippen molar-refractivity contribution in [1.29, 1.82) is 0 Å². The zero-order chi connectivity index (χ0) is 17.3. The van der Waals surface area contributed by atoms with Crippen LogP contribution in [0.1, 0.15) is 12.0 Å². The van der Waals surface area contributed by atoms with Crippen LogP contribution in [0.3, 0.4) is 0 Å². The molecule has 2 N–H and O–H groups in total.